The van der Waals surface area contributed by atoms with Gasteiger partial charge in [0.1, 0.15) is 6.61 Å². The monoisotopic (exact) mass is 517 g/mol. The number of para-hydroxylation sites is 2. The van der Waals surface area contributed by atoms with Crippen LogP contribution < -0.4 is 19.7 Å². The Balaban J connectivity index is 1.08. The standard InChI is InChI=1S/C30H35N3O5/c34-28(31-17-20-7-2-1-3-8-20)21-13-15-32(16-14-21)24-10-6-9-23-27(24)30(36)33(29(23)35)18-22-19-37-25-11-4-5-12-26(25)38-22/h4-6,9-12,20-22H,1-3,7-8,13-19H2,(H,31,34)/t22-/m1/s1. The number of anilines is 1. The van der Waals surface area contributed by atoms with Gasteiger partial charge in [0.15, 0.2) is 17.6 Å². The molecule has 3 aliphatic heterocycles. The van der Waals surface area contributed by atoms with E-state index in [-0.39, 0.29) is 36.8 Å². The van der Waals surface area contributed by atoms with Crippen LogP contribution in [0.1, 0.15) is 65.7 Å². The van der Waals surface area contributed by atoms with Crippen molar-refractivity contribution in [3.8, 4) is 11.5 Å². The third-order valence-corrected chi connectivity index (χ3v) is 8.43. The van der Waals surface area contributed by atoms with Crippen molar-refractivity contribution in [2.24, 2.45) is 11.8 Å². The summed E-state index contributed by atoms with van der Waals surface area (Å²) >= 11 is 0. The van der Waals surface area contributed by atoms with Gasteiger partial charge in [-0.1, -0.05) is 37.5 Å². The minimum Gasteiger partial charge on any atom is -0.486 e. The number of hydrogen-bond donors (Lipinski definition) is 1. The highest BCUT2D eigenvalue weighted by Gasteiger charge is 2.41. The maximum Gasteiger partial charge on any atom is 0.263 e. The molecule has 1 atom stereocenters. The van der Waals surface area contributed by atoms with Gasteiger partial charge in [-0.25, -0.2) is 0 Å². The zero-order valence-corrected chi connectivity index (χ0v) is 21.7. The number of amides is 3. The molecule has 38 heavy (non-hydrogen) atoms. The number of imide groups is 1. The minimum absolute atomic E-state index is 0.00763. The normalized spacial score (nSPS) is 21.9. The van der Waals surface area contributed by atoms with Crippen molar-refractivity contribution < 1.29 is 23.9 Å². The number of nitrogens with zero attached hydrogens (tertiary/aromatic N) is 2. The maximum atomic E-state index is 13.5. The van der Waals surface area contributed by atoms with Crippen LogP contribution in [0, 0.1) is 11.8 Å². The number of benzene rings is 2. The molecular weight excluding hydrogens is 482 g/mol. The average Bonchev–Trinajstić information content (AvgIpc) is 3.21. The van der Waals surface area contributed by atoms with Crippen LogP contribution in [0.15, 0.2) is 42.5 Å². The third-order valence-electron chi connectivity index (χ3n) is 8.43. The molecule has 1 N–H and O–H groups in total. The summed E-state index contributed by atoms with van der Waals surface area (Å²) in [5.41, 5.74) is 1.65. The van der Waals surface area contributed by atoms with Gasteiger partial charge in [0, 0.05) is 25.6 Å². The predicted octanol–water partition coefficient (Wildman–Crippen LogP) is 4.04. The molecule has 1 saturated carbocycles. The molecule has 0 bridgehead atoms. The van der Waals surface area contributed by atoms with Gasteiger partial charge in [0.2, 0.25) is 5.91 Å². The summed E-state index contributed by atoms with van der Waals surface area (Å²) in [6, 6.07) is 12.9. The summed E-state index contributed by atoms with van der Waals surface area (Å²) in [5.74, 6) is 1.45. The first-order valence-electron chi connectivity index (χ1n) is 14.0. The summed E-state index contributed by atoms with van der Waals surface area (Å²) in [6.07, 6.45) is 7.33. The molecule has 8 heteroatoms. The number of rotatable bonds is 6. The molecule has 200 valence electrons. The van der Waals surface area contributed by atoms with Gasteiger partial charge < -0.3 is 19.7 Å². The first kappa shape index (κ1) is 24.8. The molecule has 0 aromatic heterocycles. The number of hydrogen-bond acceptors (Lipinski definition) is 6. The SMILES string of the molecule is O=C(NCC1CCCCC1)C1CCN(c2cccc3c2C(=O)N(C[C@@H]2COc4ccccc4O2)C3=O)CC1. The van der Waals surface area contributed by atoms with Gasteiger partial charge in [-0.3, -0.25) is 19.3 Å². The molecule has 2 fully saturated rings. The van der Waals surface area contributed by atoms with Crippen molar-refractivity contribution in [1.82, 2.24) is 10.2 Å². The second-order valence-electron chi connectivity index (χ2n) is 10.9. The highest BCUT2D eigenvalue weighted by Crippen LogP contribution is 2.36. The molecule has 8 nitrogen and oxygen atoms in total. The predicted molar refractivity (Wildman–Crippen MR) is 143 cm³/mol. The molecule has 3 heterocycles. The van der Waals surface area contributed by atoms with Gasteiger partial charge in [0.05, 0.1) is 23.4 Å². The molecule has 1 saturated heterocycles. The van der Waals surface area contributed by atoms with Gasteiger partial charge >= 0.3 is 0 Å². The maximum absolute atomic E-state index is 13.5. The zero-order chi connectivity index (χ0) is 26.1. The molecule has 0 unspecified atom stereocenters. The van der Waals surface area contributed by atoms with Gasteiger partial charge in [-0.05, 0) is 55.9 Å². The Morgan fingerprint density at radius 2 is 1.66 bits per heavy atom. The topological polar surface area (TPSA) is 88.2 Å². The summed E-state index contributed by atoms with van der Waals surface area (Å²) in [4.78, 5) is 43.0. The number of nitrogens with one attached hydrogen (secondary N) is 1. The first-order chi connectivity index (χ1) is 18.6. The van der Waals surface area contributed by atoms with E-state index >= 15 is 0 Å². The van der Waals surface area contributed by atoms with Crippen LogP contribution in [0.25, 0.3) is 0 Å². The quantitative estimate of drug-likeness (QED) is 0.582. The van der Waals surface area contributed by atoms with Crippen molar-refractivity contribution in [3.05, 3.63) is 53.6 Å². The van der Waals surface area contributed by atoms with Crippen LogP contribution in [-0.2, 0) is 4.79 Å². The van der Waals surface area contributed by atoms with E-state index in [0.29, 0.717) is 41.6 Å². The van der Waals surface area contributed by atoms with Crippen LogP contribution in [0.5, 0.6) is 11.5 Å². The molecule has 1 aliphatic carbocycles. The van der Waals surface area contributed by atoms with E-state index in [2.05, 4.69) is 10.2 Å². The Kier molecular flexibility index (Phi) is 6.96. The molecule has 3 amide bonds. The molecule has 4 aliphatic rings. The fourth-order valence-electron chi connectivity index (χ4n) is 6.26. The van der Waals surface area contributed by atoms with Crippen molar-refractivity contribution in [3.63, 3.8) is 0 Å². The van der Waals surface area contributed by atoms with Gasteiger partial charge in [0.25, 0.3) is 11.8 Å². The van der Waals surface area contributed by atoms with Crippen LogP contribution in [-0.4, -0.2) is 61.5 Å². The third kappa shape index (κ3) is 4.84. The van der Waals surface area contributed by atoms with E-state index in [9.17, 15) is 14.4 Å². The van der Waals surface area contributed by atoms with Crippen molar-refractivity contribution in [2.75, 3.05) is 37.7 Å². The summed E-state index contributed by atoms with van der Waals surface area (Å²) in [5, 5.41) is 3.20. The largest absolute Gasteiger partial charge is 0.486 e. The fraction of sp³-hybridized carbons (Fsp3) is 0.500. The highest BCUT2D eigenvalue weighted by atomic mass is 16.6. The molecule has 6 rings (SSSR count). The Hall–Kier alpha value is -3.55. The number of piperidine rings is 1. The van der Waals surface area contributed by atoms with Crippen LogP contribution >= 0.6 is 0 Å². The number of fused-ring (bicyclic) bond motifs is 2. The highest BCUT2D eigenvalue weighted by molar-refractivity contribution is 6.23. The van der Waals surface area contributed by atoms with E-state index in [1.165, 1.54) is 37.0 Å². The molecule has 2 aromatic rings. The lowest BCUT2D eigenvalue weighted by Crippen LogP contribution is -2.44. The Bertz CT molecular complexity index is 1220. The van der Waals surface area contributed by atoms with Crippen LogP contribution in [0.3, 0.4) is 0 Å². The fourth-order valence-corrected chi connectivity index (χ4v) is 6.26. The van der Waals surface area contributed by atoms with E-state index in [1.54, 1.807) is 6.07 Å². The number of carbonyl (C=O) groups excluding carboxylic acids is 3. The lowest BCUT2D eigenvalue weighted by atomic mass is 9.89. The lowest BCUT2D eigenvalue weighted by molar-refractivity contribution is -0.125. The van der Waals surface area contributed by atoms with Crippen LogP contribution in [0.4, 0.5) is 5.69 Å². The van der Waals surface area contributed by atoms with Gasteiger partial charge in [-0.15, -0.1) is 0 Å². The Labute approximate surface area is 223 Å². The molecular formula is C30H35N3O5. The van der Waals surface area contributed by atoms with Crippen LogP contribution in [0.2, 0.25) is 0 Å². The van der Waals surface area contributed by atoms with E-state index in [0.717, 1.165) is 25.1 Å². The van der Waals surface area contributed by atoms with Crippen molar-refractivity contribution in [2.45, 2.75) is 51.0 Å². The van der Waals surface area contributed by atoms with Crippen molar-refractivity contribution in [1.29, 1.82) is 0 Å². The number of carbonyl (C=O) groups is 3. The summed E-state index contributed by atoms with van der Waals surface area (Å²) in [6.45, 7) is 2.54. The second-order valence-corrected chi connectivity index (χ2v) is 10.9. The Morgan fingerprint density at radius 3 is 2.45 bits per heavy atom. The van der Waals surface area contributed by atoms with E-state index in [1.807, 2.05) is 36.4 Å². The zero-order valence-electron chi connectivity index (χ0n) is 21.7. The Morgan fingerprint density at radius 1 is 0.895 bits per heavy atom. The number of ether oxygens (including phenoxy) is 2. The summed E-state index contributed by atoms with van der Waals surface area (Å²) in [7, 11) is 0. The smallest absolute Gasteiger partial charge is 0.263 e. The van der Waals surface area contributed by atoms with Gasteiger partial charge in [-0.2, -0.15) is 0 Å². The molecule has 0 radical (unpaired) electrons. The van der Waals surface area contributed by atoms with E-state index < -0.39 is 6.10 Å². The minimum atomic E-state index is -0.432. The molecule has 0 spiro atoms. The van der Waals surface area contributed by atoms with Crippen molar-refractivity contribution >= 4 is 23.4 Å². The average molecular weight is 518 g/mol. The second kappa shape index (κ2) is 10.7. The van der Waals surface area contributed by atoms with E-state index in [4.69, 9.17) is 9.47 Å². The summed E-state index contributed by atoms with van der Waals surface area (Å²) < 4.78 is 11.8. The lowest BCUT2D eigenvalue weighted by Gasteiger charge is -2.34. The first-order valence-corrected chi connectivity index (χ1v) is 14.0. The molecule has 2 aromatic carbocycles.